The number of rotatable bonds is 5. The molecule has 0 spiro atoms. The van der Waals surface area contributed by atoms with Crippen molar-refractivity contribution in [2.45, 2.75) is 17.4 Å². The van der Waals surface area contributed by atoms with E-state index in [1.807, 2.05) is 0 Å². The summed E-state index contributed by atoms with van der Waals surface area (Å²) in [4.78, 5) is 14.0. The molecule has 1 aromatic rings. The minimum atomic E-state index is -3.66. The number of halogens is 1. The average Bonchev–Trinajstić information content (AvgIpc) is 3.15. The molecule has 1 atom stereocenters. The molecule has 1 amide bonds. The van der Waals surface area contributed by atoms with E-state index in [1.54, 1.807) is 0 Å². The summed E-state index contributed by atoms with van der Waals surface area (Å²) in [6, 6.07) is 4.71. The number of primary amides is 1. The summed E-state index contributed by atoms with van der Waals surface area (Å²) < 4.78 is 32.3. The van der Waals surface area contributed by atoms with Crippen LogP contribution in [-0.4, -0.2) is 76.0 Å². The van der Waals surface area contributed by atoms with Crippen molar-refractivity contribution in [3.05, 3.63) is 23.8 Å². The molecule has 1 unspecified atom stereocenters. The minimum Gasteiger partial charge on any atom is -0.496 e. The highest BCUT2D eigenvalue weighted by atomic mass is 35.5. The number of carbonyl (C=O) groups excluding carboxylic acids is 1. The van der Waals surface area contributed by atoms with Gasteiger partial charge in [0.25, 0.3) is 5.91 Å². The Balaban J connectivity index is 0.00000243. The summed E-state index contributed by atoms with van der Waals surface area (Å²) in [5.41, 5.74) is 5.40. The van der Waals surface area contributed by atoms with Crippen molar-refractivity contribution in [3.63, 3.8) is 0 Å². The largest absolute Gasteiger partial charge is 0.496 e. The van der Waals surface area contributed by atoms with Crippen LogP contribution in [0.1, 0.15) is 16.8 Å². The Morgan fingerprint density at radius 2 is 1.96 bits per heavy atom. The van der Waals surface area contributed by atoms with Crippen molar-refractivity contribution >= 4 is 28.3 Å². The summed E-state index contributed by atoms with van der Waals surface area (Å²) >= 11 is 0. The van der Waals surface area contributed by atoms with Crippen LogP contribution in [0.5, 0.6) is 5.75 Å². The molecule has 1 aromatic carbocycles. The molecular weight excluding hydrogens is 380 g/mol. The summed E-state index contributed by atoms with van der Waals surface area (Å²) in [6.07, 6.45) is 1.10. The lowest BCUT2D eigenvalue weighted by Gasteiger charge is -2.37. The molecule has 0 bridgehead atoms. The van der Waals surface area contributed by atoms with Gasteiger partial charge in [0.15, 0.2) is 0 Å². The Hall–Kier alpha value is -1.39. The molecule has 2 aliphatic rings. The van der Waals surface area contributed by atoms with E-state index in [2.05, 4.69) is 10.2 Å². The molecule has 3 N–H and O–H groups in total. The van der Waals surface area contributed by atoms with Crippen LogP contribution in [-0.2, 0) is 10.0 Å². The second-order valence-electron chi connectivity index (χ2n) is 6.31. The smallest absolute Gasteiger partial charge is 0.252 e. The lowest BCUT2D eigenvalue weighted by molar-refractivity contribution is 0.0997. The predicted octanol–water partition coefficient (Wildman–Crippen LogP) is -0.116. The summed E-state index contributed by atoms with van der Waals surface area (Å²) in [6.45, 7) is 4.29. The summed E-state index contributed by atoms with van der Waals surface area (Å²) in [7, 11) is -2.25. The highest BCUT2D eigenvalue weighted by Gasteiger charge is 2.32. The third-order valence-corrected chi connectivity index (χ3v) is 6.79. The number of piperazine rings is 1. The molecule has 0 radical (unpaired) electrons. The number of ether oxygens (including phenoxy) is 1. The van der Waals surface area contributed by atoms with Crippen LogP contribution in [0, 0.1) is 0 Å². The third kappa shape index (κ3) is 4.12. The van der Waals surface area contributed by atoms with E-state index < -0.39 is 15.9 Å². The number of benzene rings is 1. The Morgan fingerprint density at radius 1 is 1.27 bits per heavy atom. The van der Waals surface area contributed by atoms with Gasteiger partial charge in [0, 0.05) is 38.8 Å². The molecule has 3 rings (SSSR count). The monoisotopic (exact) mass is 404 g/mol. The van der Waals surface area contributed by atoms with Crippen molar-refractivity contribution < 1.29 is 17.9 Å². The molecule has 2 saturated heterocycles. The Kier molecular flexibility index (Phi) is 6.86. The van der Waals surface area contributed by atoms with Gasteiger partial charge in [-0.05, 0) is 31.2 Å². The highest BCUT2D eigenvalue weighted by molar-refractivity contribution is 7.89. The third-order valence-electron chi connectivity index (χ3n) is 4.90. The predicted molar refractivity (Wildman–Crippen MR) is 100 cm³/mol. The number of hydrogen-bond donors (Lipinski definition) is 2. The molecule has 0 aliphatic carbocycles. The molecule has 26 heavy (non-hydrogen) atoms. The van der Waals surface area contributed by atoms with Crippen molar-refractivity contribution in [2.75, 3.05) is 46.4 Å². The number of nitrogens with one attached hydrogen (secondary N) is 1. The van der Waals surface area contributed by atoms with Crippen LogP contribution >= 0.6 is 12.4 Å². The van der Waals surface area contributed by atoms with Gasteiger partial charge in [-0.3, -0.25) is 9.69 Å². The van der Waals surface area contributed by atoms with Gasteiger partial charge in [0.05, 0.1) is 17.6 Å². The van der Waals surface area contributed by atoms with Gasteiger partial charge in [0.2, 0.25) is 10.0 Å². The second-order valence-corrected chi connectivity index (χ2v) is 8.25. The van der Waals surface area contributed by atoms with Crippen LogP contribution < -0.4 is 15.8 Å². The molecule has 10 heteroatoms. The fourth-order valence-corrected chi connectivity index (χ4v) is 4.90. The molecular formula is C16H25ClN4O4S. The van der Waals surface area contributed by atoms with Crippen LogP contribution in [0.2, 0.25) is 0 Å². The second kappa shape index (κ2) is 8.53. The zero-order valence-corrected chi connectivity index (χ0v) is 16.3. The van der Waals surface area contributed by atoms with Crippen LogP contribution in [0.3, 0.4) is 0 Å². The van der Waals surface area contributed by atoms with Crippen molar-refractivity contribution in [1.29, 1.82) is 0 Å². The molecule has 146 valence electrons. The first-order valence-corrected chi connectivity index (χ1v) is 9.80. The number of nitrogens with zero attached hydrogens (tertiary/aromatic N) is 2. The fraction of sp³-hybridized carbons (Fsp3) is 0.562. The van der Waals surface area contributed by atoms with Crippen LogP contribution in [0.25, 0.3) is 0 Å². The Labute approximate surface area is 160 Å². The van der Waals surface area contributed by atoms with Gasteiger partial charge < -0.3 is 15.8 Å². The van der Waals surface area contributed by atoms with Gasteiger partial charge in [-0.1, -0.05) is 0 Å². The molecule has 2 aliphatic heterocycles. The Bertz CT molecular complexity index is 745. The van der Waals surface area contributed by atoms with E-state index >= 15 is 0 Å². The zero-order chi connectivity index (χ0) is 18.0. The number of amides is 1. The highest BCUT2D eigenvalue weighted by Crippen LogP contribution is 2.25. The van der Waals surface area contributed by atoms with E-state index in [0.29, 0.717) is 32.2 Å². The van der Waals surface area contributed by atoms with E-state index in [-0.39, 0.29) is 28.6 Å². The van der Waals surface area contributed by atoms with E-state index in [9.17, 15) is 13.2 Å². The standard InChI is InChI=1S/C16H24N4O4S.ClH/c1-24-15-3-2-13(10-14(15)16(17)21)25(22,23)20-8-6-19(7-9-20)12-4-5-18-11-12;/h2-3,10,12,18H,4-9,11H2,1H3,(H2,17,21);1H. The number of hydrogen-bond acceptors (Lipinski definition) is 6. The summed E-state index contributed by atoms with van der Waals surface area (Å²) in [5, 5.41) is 3.34. The van der Waals surface area contributed by atoms with Gasteiger partial charge in [0.1, 0.15) is 5.75 Å². The number of carbonyl (C=O) groups is 1. The molecule has 8 nitrogen and oxygen atoms in total. The molecule has 2 fully saturated rings. The first kappa shape index (κ1) is 20.9. The molecule has 0 aromatic heterocycles. The maximum Gasteiger partial charge on any atom is 0.252 e. The number of nitrogens with two attached hydrogens (primary N) is 1. The topological polar surface area (TPSA) is 105 Å². The molecule has 0 saturated carbocycles. The minimum absolute atomic E-state index is 0. The quantitative estimate of drug-likeness (QED) is 0.709. The lowest BCUT2D eigenvalue weighted by Crippen LogP contribution is -2.52. The Morgan fingerprint density at radius 3 is 2.50 bits per heavy atom. The van der Waals surface area contributed by atoms with E-state index in [4.69, 9.17) is 10.5 Å². The van der Waals surface area contributed by atoms with Crippen molar-refractivity contribution in [2.24, 2.45) is 5.73 Å². The van der Waals surface area contributed by atoms with Gasteiger partial charge in [-0.25, -0.2) is 8.42 Å². The maximum absolute atomic E-state index is 12.9. The summed E-state index contributed by atoms with van der Waals surface area (Å²) in [5.74, 6) is -0.447. The van der Waals surface area contributed by atoms with Crippen LogP contribution in [0.4, 0.5) is 0 Å². The fourth-order valence-electron chi connectivity index (χ4n) is 3.45. The SMILES string of the molecule is COc1ccc(S(=O)(=O)N2CCN(C3CCNC3)CC2)cc1C(N)=O.Cl. The molecule has 2 heterocycles. The normalized spacial score (nSPS) is 22.0. The first-order valence-electron chi connectivity index (χ1n) is 8.36. The van der Waals surface area contributed by atoms with E-state index in [1.165, 1.54) is 29.6 Å². The van der Waals surface area contributed by atoms with E-state index in [0.717, 1.165) is 19.5 Å². The number of methoxy groups -OCH3 is 1. The van der Waals surface area contributed by atoms with Gasteiger partial charge in [-0.15, -0.1) is 12.4 Å². The first-order chi connectivity index (χ1) is 11.9. The lowest BCUT2D eigenvalue weighted by atomic mass is 10.2. The number of sulfonamides is 1. The van der Waals surface area contributed by atoms with Crippen LogP contribution in [0.15, 0.2) is 23.1 Å². The van der Waals surface area contributed by atoms with Crippen molar-refractivity contribution in [3.8, 4) is 5.75 Å². The van der Waals surface area contributed by atoms with Crippen molar-refractivity contribution in [1.82, 2.24) is 14.5 Å². The average molecular weight is 405 g/mol. The zero-order valence-electron chi connectivity index (χ0n) is 14.7. The van der Waals surface area contributed by atoms with Gasteiger partial charge in [-0.2, -0.15) is 4.31 Å². The maximum atomic E-state index is 12.9. The van der Waals surface area contributed by atoms with Gasteiger partial charge >= 0.3 is 0 Å².